The number of rotatable bonds is 5. The van der Waals surface area contributed by atoms with E-state index in [0.29, 0.717) is 27.6 Å². The maximum atomic E-state index is 12.6. The molecule has 3 aromatic heterocycles. The Morgan fingerprint density at radius 2 is 1.88 bits per heavy atom. The van der Waals surface area contributed by atoms with Gasteiger partial charge in [0.2, 0.25) is 5.91 Å². The van der Waals surface area contributed by atoms with Gasteiger partial charge in [-0.15, -0.1) is 0 Å². The van der Waals surface area contributed by atoms with Crippen molar-refractivity contribution in [3.05, 3.63) is 65.2 Å². The van der Waals surface area contributed by atoms with Crippen molar-refractivity contribution in [2.45, 2.75) is 19.6 Å². The molecule has 13 heteroatoms. The van der Waals surface area contributed by atoms with E-state index >= 15 is 0 Å². The van der Waals surface area contributed by atoms with E-state index in [4.69, 9.17) is 17.3 Å². The number of amides is 2. The Morgan fingerprint density at radius 3 is 2.59 bits per heavy atom. The SMILES string of the molecule is CC(=O)NNC(=O)c1c(N)ncnc1N[C@@](C)(O)c1cc2ncc(Cl)n2nc1-c1ccccc1. The number of nitrogens with two attached hydrogens (primary N) is 1. The van der Waals surface area contributed by atoms with E-state index in [2.05, 4.69) is 36.2 Å². The normalized spacial score (nSPS) is 12.7. The summed E-state index contributed by atoms with van der Waals surface area (Å²) in [7, 11) is 0. The van der Waals surface area contributed by atoms with Crippen molar-refractivity contribution in [3.63, 3.8) is 0 Å². The molecule has 3 heterocycles. The zero-order valence-corrected chi connectivity index (χ0v) is 18.8. The third-order valence-electron chi connectivity index (χ3n) is 4.84. The first-order valence-corrected chi connectivity index (χ1v) is 10.3. The molecule has 0 bridgehead atoms. The molecule has 34 heavy (non-hydrogen) atoms. The number of carbonyl (C=O) groups excluding carboxylic acids is 2. The van der Waals surface area contributed by atoms with Gasteiger partial charge in [-0.05, 0) is 13.0 Å². The van der Waals surface area contributed by atoms with Crippen LogP contribution in [-0.4, -0.2) is 41.5 Å². The largest absolute Gasteiger partial charge is 0.383 e. The van der Waals surface area contributed by atoms with Gasteiger partial charge in [0.1, 0.15) is 23.5 Å². The number of hydrazine groups is 1. The maximum absolute atomic E-state index is 12.6. The first kappa shape index (κ1) is 22.9. The summed E-state index contributed by atoms with van der Waals surface area (Å²) in [5.41, 5.74) is 10.1. The predicted octanol–water partition coefficient (Wildman–Crippen LogP) is 1.48. The fourth-order valence-electron chi connectivity index (χ4n) is 3.29. The van der Waals surface area contributed by atoms with E-state index in [-0.39, 0.29) is 17.2 Å². The molecule has 0 aliphatic rings. The second-order valence-electron chi connectivity index (χ2n) is 7.44. The Labute approximate surface area is 198 Å². The van der Waals surface area contributed by atoms with Crippen LogP contribution in [-0.2, 0) is 10.5 Å². The zero-order valence-electron chi connectivity index (χ0n) is 18.1. The van der Waals surface area contributed by atoms with Crippen molar-refractivity contribution in [2.75, 3.05) is 11.1 Å². The zero-order chi connectivity index (χ0) is 24.5. The molecule has 174 valence electrons. The third-order valence-corrected chi connectivity index (χ3v) is 5.10. The first-order valence-electron chi connectivity index (χ1n) is 9.95. The second-order valence-corrected chi connectivity index (χ2v) is 7.83. The number of carbonyl (C=O) groups is 2. The van der Waals surface area contributed by atoms with Crippen molar-refractivity contribution >= 4 is 40.7 Å². The lowest BCUT2D eigenvalue weighted by molar-refractivity contribution is -0.119. The molecule has 12 nitrogen and oxygen atoms in total. The van der Waals surface area contributed by atoms with Crippen molar-refractivity contribution in [1.82, 2.24) is 35.4 Å². The number of aliphatic hydroxyl groups is 1. The van der Waals surface area contributed by atoms with Gasteiger partial charge < -0.3 is 16.2 Å². The third kappa shape index (κ3) is 4.44. The molecule has 0 spiro atoms. The van der Waals surface area contributed by atoms with E-state index < -0.39 is 17.5 Å². The van der Waals surface area contributed by atoms with Crippen molar-refractivity contribution in [2.24, 2.45) is 0 Å². The molecule has 1 aromatic carbocycles. The Hall–Kier alpha value is -4.29. The van der Waals surface area contributed by atoms with Crippen LogP contribution in [0.4, 0.5) is 11.6 Å². The Bertz CT molecular complexity index is 1390. The average Bonchev–Trinajstić information content (AvgIpc) is 3.17. The second kappa shape index (κ2) is 8.92. The summed E-state index contributed by atoms with van der Waals surface area (Å²) in [5.74, 6) is -1.49. The number of nitrogens with zero attached hydrogens (tertiary/aromatic N) is 5. The molecule has 0 unspecified atom stereocenters. The highest BCUT2D eigenvalue weighted by atomic mass is 35.5. The summed E-state index contributed by atoms with van der Waals surface area (Å²) in [6, 6.07) is 10.8. The van der Waals surface area contributed by atoms with Crippen LogP contribution >= 0.6 is 11.6 Å². The van der Waals surface area contributed by atoms with Crippen LogP contribution in [0.15, 0.2) is 48.9 Å². The molecular weight excluding hydrogens is 462 g/mol. The van der Waals surface area contributed by atoms with Crippen LogP contribution in [0.5, 0.6) is 0 Å². The van der Waals surface area contributed by atoms with Gasteiger partial charge in [0, 0.05) is 18.1 Å². The number of nitrogen functional groups attached to an aromatic ring is 1. The number of nitrogens with one attached hydrogen (secondary N) is 3. The van der Waals surface area contributed by atoms with E-state index in [1.807, 2.05) is 30.3 Å². The number of anilines is 2. The van der Waals surface area contributed by atoms with E-state index in [1.165, 1.54) is 24.6 Å². The van der Waals surface area contributed by atoms with Crippen molar-refractivity contribution in [3.8, 4) is 11.3 Å². The average molecular weight is 482 g/mol. The summed E-state index contributed by atoms with van der Waals surface area (Å²) < 4.78 is 1.44. The van der Waals surface area contributed by atoms with Crippen LogP contribution in [0.3, 0.4) is 0 Å². The first-order chi connectivity index (χ1) is 16.2. The molecule has 2 amide bonds. The predicted molar refractivity (Wildman–Crippen MR) is 124 cm³/mol. The monoisotopic (exact) mass is 481 g/mol. The van der Waals surface area contributed by atoms with Crippen LogP contribution in [0, 0.1) is 0 Å². The number of hydrogen-bond acceptors (Lipinski definition) is 9. The Kier molecular flexibility index (Phi) is 6.01. The molecule has 0 radical (unpaired) electrons. The number of benzene rings is 1. The Balaban J connectivity index is 1.81. The van der Waals surface area contributed by atoms with Gasteiger partial charge in [0.25, 0.3) is 5.91 Å². The summed E-state index contributed by atoms with van der Waals surface area (Å²) in [6.45, 7) is 2.69. The highest BCUT2D eigenvalue weighted by Gasteiger charge is 2.32. The van der Waals surface area contributed by atoms with E-state index in [0.717, 1.165) is 6.33 Å². The fourth-order valence-corrected chi connectivity index (χ4v) is 3.46. The molecule has 0 saturated heterocycles. The molecule has 0 fully saturated rings. The smallest absolute Gasteiger partial charge is 0.277 e. The van der Waals surface area contributed by atoms with E-state index in [1.54, 1.807) is 6.07 Å². The summed E-state index contributed by atoms with van der Waals surface area (Å²) >= 11 is 6.21. The maximum Gasteiger partial charge on any atom is 0.277 e. The molecule has 0 aliphatic heterocycles. The van der Waals surface area contributed by atoms with Crippen LogP contribution in [0.25, 0.3) is 16.9 Å². The van der Waals surface area contributed by atoms with Gasteiger partial charge in [-0.3, -0.25) is 20.4 Å². The molecule has 4 rings (SSSR count). The van der Waals surface area contributed by atoms with Gasteiger partial charge in [-0.25, -0.2) is 19.5 Å². The highest BCUT2D eigenvalue weighted by Crippen LogP contribution is 2.33. The molecule has 6 N–H and O–H groups in total. The van der Waals surface area contributed by atoms with Gasteiger partial charge in [0.15, 0.2) is 16.5 Å². The lowest BCUT2D eigenvalue weighted by atomic mass is 9.98. The number of halogens is 1. The molecule has 0 aliphatic carbocycles. The topological polar surface area (TPSA) is 172 Å². The van der Waals surface area contributed by atoms with Gasteiger partial charge in [-0.2, -0.15) is 5.10 Å². The van der Waals surface area contributed by atoms with Gasteiger partial charge in [0.05, 0.1) is 11.9 Å². The standard InChI is InChI=1S/C21H20ClN9O3/c1-11(32)28-29-20(33)16-18(23)25-10-26-19(16)27-21(2,34)13-8-15-24-9-14(22)31(15)30-17(13)12-6-4-3-5-7-12/h3-10,34H,1-2H3,(H,28,32)(H,29,33)(H3,23,25,26,27)/t21-/m0/s1. The lowest BCUT2D eigenvalue weighted by Crippen LogP contribution is -2.41. The number of aromatic nitrogens is 5. The molecule has 4 aromatic rings. The fraction of sp³-hybridized carbons (Fsp3) is 0.143. The quantitative estimate of drug-likeness (QED) is 0.209. The Morgan fingerprint density at radius 1 is 1.15 bits per heavy atom. The van der Waals surface area contributed by atoms with E-state index in [9.17, 15) is 14.7 Å². The van der Waals surface area contributed by atoms with Gasteiger partial charge in [-0.1, -0.05) is 41.9 Å². The van der Waals surface area contributed by atoms with Crippen LogP contribution in [0.1, 0.15) is 29.8 Å². The minimum absolute atomic E-state index is 0.0689. The highest BCUT2D eigenvalue weighted by molar-refractivity contribution is 6.29. The number of hydrogen-bond donors (Lipinski definition) is 5. The van der Waals surface area contributed by atoms with Crippen LogP contribution in [0.2, 0.25) is 5.15 Å². The summed E-state index contributed by atoms with van der Waals surface area (Å²) in [4.78, 5) is 35.9. The van der Waals surface area contributed by atoms with Crippen molar-refractivity contribution < 1.29 is 14.7 Å². The van der Waals surface area contributed by atoms with Gasteiger partial charge >= 0.3 is 0 Å². The summed E-state index contributed by atoms with van der Waals surface area (Å²) in [6.07, 6.45) is 2.58. The lowest BCUT2D eigenvalue weighted by Gasteiger charge is -2.28. The van der Waals surface area contributed by atoms with Crippen LogP contribution < -0.4 is 21.9 Å². The number of imidazole rings is 1. The molecule has 0 saturated carbocycles. The minimum atomic E-state index is -1.82. The molecule has 1 atom stereocenters. The summed E-state index contributed by atoms with van der Waals surface area (Å²) in [5, 5.41) is 19.2. The molecular formula is C21H20ClN9O3. The van der Waals surface area contributed by atoms with Crippen molar-refractivity contribution in [1.29, 1.82) is 0 Å². The number of fused-ring (bicyclic) bond motifs is 1. The minimum Gasteiger partial charge on any atom is -0.383 e.